The van der Waals surface area contributed by atoms with E-state index in [1.807, 2.05) is 11.0 Å². The van der Waals surface area contributed by atoms with Crippen LogP contribution >= 0.6 is 0 Å². The Morgan fingerprint density at radius 1 is 1.06 bits per heavy atom. The summed E-state index contributed by atoms with van der Waals surface area (Å²) in [7, 11) is 1.19. The van der Waals surface area contributed by atoms with Gasteiger partial charge in [0.1, 0.15) is 24.5 Å². The maximum atomic E-state index is 13.0. The number of benzene rings is 2. The Balaban J connectivity index is 0.00000650. The molecule has 0 aliphatic heterocycles. The molecular weight excluding hydrogens is 638 g/mol. The number of hydrogen-bond donors (Lipinski definition) is 6. The number of terminal acetylenes is 1. The minimum Gasteiger partial charge on any atom is -0.481 e. The van der Waals surface area contributed by atoms with Crippen LogP contribution in [0.4, 0.5) is 5.69 Å². The van der Waals surface area contributed by atoms with Gasteiger partial charge in [-0.15, -0.1) is 6.42 Å². The molecule has 4 rings (SSSR count). The number of likely N-dealkylation sites (N-methyl/N-ethyl adjacent to an activating group) is 1. The maximum Gasteiger partial charge on any atom is 0.326 e. The van der Waals surface area contributed by atoms with E-state index in [1.54, 1.807) is 18.2 Å². The third-order valence-corrected chi connectivity index (χ3v) is 8.34. The Bertz CT molecular complexity index is 1830. The van der Waals surface area contributed by atoms with Crippen molar-refractivity contribution in [2.75, 3.05) is 18.5 Å². The molecule has 2 aromatic carbocycles. The molecule has 15 heteroatoms. The zero-order valence-corrected chi connectivity index (χ0v) is 26.0. The summed E-state index contributed by atoms with van der Waals surface area (Å²) in [5, 5.41) is 40.1. The molecule has 3 atom stereocenters. The van der Waals surface area contributed by atoms with Gasteiger partial charge >= 0.3 is 17.9 Å². The number of anilines is 1. The first kappa shape index (κ1) is 37.7. The van der Waals surface area contributed by atoms with Crippen LogP contribution < -0.4 is 15.8 Å². The lowest BCUT2D eigenvalue weighted by atomic mass is 10.0. The lowest BCUT2D eigenvalue weighted by molar-refractivity contribution is -0.150. The van der Waals surface area contributed by atoms with Gasteiger partial charge in [-0.05, 0) is 73.2 Å². The number of amides is 2. The lowest BCUT2D eigenvalue weighted by Gasteiger charge is -2.30. The predicted molar refractivity (Wildman–Crippen MR) is 178 cm³/mol. The highest BCUT2D eigenvalue weighted by Crippen LogP contribution is 2.39. The van der Waals surface area contributed by atoms with Gasteiger partial charge in [0.15, 0.2) is 0 Å². The molecule has 1 unspecified atom stereocenters. The molecule has 6 N–H and O–H groups in total. The van der Waals surface area contributed by atoms with E-state index < -0.39 is 61.3 Å². The van der Waals surface area contributed by atoms with Gasteiger partial charge in [-0.1, -0.05) is 13.3 Å². The average Bonchev–Trinajstić information content (AvgIpc) is 3.46. The van der Waals surface area contributed by atoms with Gasteiger partial charge in [-0.3, -0.25) is 19.2 Å². The van der Waals surface area contributed by atoms with Crippen molar-refractivity contribution >= 4 is 46.3 Å². The maximum absolute atomic E-state index is 13.0. The van der Waals surface area contributed by atoms with E-state index in [0.29, 0.717) is 29.4 Å². The molecule has 0 saturated carbocycles. The van der Waals surface area contributed by atoms with Crippen molar-refractivity contribution in [3.63, 3.8) is 0 Å². The van der Waals surface area contributed by atoms with Crippen LogP contribution in [0.2, 0.25) is 0 Å². The van der Waals surface area contributed by atoms with Gasteiger partial charge in [-0.2, -0.15) is 0 Å². The number of aliphatic hydroxyl groups is 1. The summed E-state index contributed by atoms with van der Waals surface area (Å²) in [4.78, 5) is 82.3. The Hall–Kier alpha value is -5.75. The number of aromatic amines is 1. The molecule has 49 heavy (non-hydrogen) atoms. The second-order valence-electron chi connectivity index (χ2n) is 11.4. The van der Waals surface area contributed by atoms with E-state index in [2.05, 4.69) is 21.2 Å². The number of carboxylic acids is 3. The van der Waals surface area contributed by atoms with Crippen molar-refractivity contribution in [2.24, 2.45) is 0 Å². The number of carboxylic acid groups (broad SMARTS) is 3. The molecule has 0 fully saturated rings. The van der Waals surface area contributed by atoms with Crippen molar-refractivity contribution < 1.29 is 44.4 Å². The first-order chi connectivity index (χ1) is 22.8. The number of fused-ring (bicyclic) bond motifs is 2. The Kier molecular flexibility index (Phi) is 12.6. The number of H-pyrrole nitrogens is 1. The van der Waals surface area contributed by atoms with Crippen LogP contribution in [0.3, 0.4) is 0 Å². The first-order valence-corrected chi connectivity index (χ1v) is 15.0. The standard InChI is InChI=1S/C33H35N5O10.CH4/c1-3-14-38(25-10-6-19-15-24-22(16-21(19)25)31(44)36-27(17-39)34-24)20-7-4-18(5-8-20)30(43)35-23(32(45)46)9-12-28(40)37(2)26(33(47)48)11-13-29(41)42;/h1,4-5,7-8,15-16,23,25-26,39H,6,9-14,17H2,2H3,(H,35,43)(H,41,42)(H,45,46)(H,47,48)(H,34,36,44);1H4/t23-,25?,26-;/m0./s1. The van der Waals surface area contributed by atoms with Gasteiger partial charge < -0.3 is 40.5 Å². The fraction of sp³-hybridized carbons (Fsp3) is 0.382. The fourth-order valence-corrected chi connectivity index (χ4v) is 5.81. The average molecular weight is 678 g/mol. The van der Waals surface area contributed by atoms with E-state index in [-0.39, 0.29) is 49.8 Å². The van der Waals surface area contributed by atoms with Crippen molar-refractivity contribution in [2.45, 2.75) is 70.7 Å². The van der Waals surface area contributed by atoms with Crippen molar-refractivity contribution in [1.29, 1.82) is 0 Å². The van der Waals surface area contributed by atoms with Crippen LogP contribution in [0.1, 0.15) is 72.9 Å². The SMILES string of the molecule is C.C#CCN(c1ccc(C(=O)N[C@@H](CCC(=O)N(C)[C@@H](CCC(=O)O)C(=O)O)C(=O)O)cc1)C1CCc2cc3nc(CO)[nH]c(=O)c3cc21. The van der Waals surface area contributed by atoms with Crippen molar-refractivity contribution in [1.82, 2.24) is 20.2 Å². The third kappa shape index (κ3) is 8.79. The Morgan fingerprint density at radius 3 is 2.35 bits per heavy atom. The summed E-state index contributed by atoms with van der Waals surface area (Å²) in [5.41, 5.74) is 2.85. The second kappa shape index (κ2) is 16.4. The molecule has 1 aromatic heterocycles. The molecule has 0 bridgehead atoms. The lowest BCUT2D eigenvalue weighted by Crippen LogP contribution is -2.45. The van der Waals surface area contributed by atoms with Crippen LogP contribution in [-0.4, -0.2) is 90.7 Å². The number of aliphatic hydroxyl groups excluding tert-OH is 1. The summed E-state index contributed by atoms with van der Waals surface area (Å²) in [6.45, 7) is -0.177. The summed E-state index contributed by atoms with van der Waals surface area (Å²) in [6.07, 6.45) is 5.57. The number of rotatable bonds is 15. The quantitative estimate of drug-likeness (QED) is 0.127. The number of nitrogens with one attached hydrogen (secondary N) is 2. The monoisotopic (exact) mass is 677 g/mol. The van der Waals surface area contributed by atoms with Gasteiger partial charge in [0.05, 0.1) is 23.5 Å². The number of carbonyl (C=O) groups is 5. The van der Waals surface area contributed by atoms with Crippen LogP contribution in [0.5, 0.6) is 0 Å². The van der Waals surface area contributed by atoms with Crippen LogP contribution in [0, 0.1) is 12.3 Å². The van der Waals surface area contributed by atoms with Crippen LogP contribution in [0.15, 0.2) is 41.2 Å². The Labute approximate surface area is 281 Å². The molecule has 1 heterocycles. The smallest absolute Gasteiger partial charge is 0.326 e. The topological polar surface area (TPSA) is 231 Å². The van der Waals surface area contributed by atoms with Gasteiger partial charge in [0.2, 0.25) is 5.91 Å². The largest absolute Gasteiger partial charge is 0.481 e. The van der Waals surface area contributed by atoms with Gasteiger partial charge in [0, 0.05) is 31.1 Å². The molecule has 1 aliphatic rings. The number of nitrogens with zero attached hydrogens (tertiary/aromatic N) is 3. The predicted octanol–water partition coefficient (Wildman–Crippen LogP) is 1.92. The molecule has 0 radical (unpaired) electrons. The van der Waals surface area contributed by atoms with E-state index in [4.69, 9.17) is 11.5 Å². The zero-order valence-electron chi connectivity index (χ0n) is 26.0. The summed E-state index contributed by atoms with van der Waals surface area (Å²) in [5.74, 6) is -2.62. The fourth-order valence-electron chi connectivity index (χ4n) is 5.81. The van der Waals surface area contributed by atoms with E-state index >= 15 is 0 Å². The number of hydrogen-bond acceptors (Lipinski definition) is 9. The third-order valence-electron chi connectivity index (χ3n) is 8.34. The minimum absolute atomic E-state index is 0. The van der Waals surface area contributed by atoms with Gasteiger partial charge in [-0.25, -0.2) is 14.6 Å². The van der Waals surface area contributed by atoms with Crippen molar-refractivity contribution in [3.05, 3.63) is 69.3 Å². The number of aryl methyl sites for hydroxylation is 1. The molecule has 0 saturated heterocycles. The van der Waals surface area contributed by atoms with E-state index in [0.717, 1.165) is 16.0 Å². The number of aliphatic carboxylic acids is 3. The minimum atomic E-state index is -1.47. The van der Waals surface area contributed by atoms with E-state index in [1.165, 1.54) is 19.2 Å². The van der Waals surface area contributed by atoms with Crippen LogP contribution in [0.25, 0.3) is 10.9 Å². The van der Waals surface area contributed by atoms with Gasteiger partial charge in [0.25, 0.3) is 11.5 Å². The summed E-state index contributed by atoms with van der Waals surface area (Å²) < 4.78 is 0. The molecule has 1 aliphatic carbocycles. The highest BCUT2D eigenvalue weighted by molar-refractivity contribution is 5.97. The molecule has 2 amide bonds. The summed E-state index contributed by atoms with van der Waals surface area (Å²) in [6, 6.07) is 6.92. The zero-order chi connectivity index (χ0) is 35.1. The van der Waals surface area contributed by atoms with E-state index in [9.17, 15) is 44.1 Å². The Morgan fingerprint density at radius 2 is 1.76 bits per heavy atom. The molecular formula is C34H39N5O10. The molecule has 3 aromatic rings. The first-order valence-electron chi connectivity index (χ1n) is 15.0. The number of carbonyl (C=O) groups excluding carboxylic acids is 2. The highest BCUT2D eigenvalue weighted by Gasteiger charge is 2.31. The molecule has 260 valence electrons. The summed E-state index contributed by atoms with van der Waals surface area (Å²) >= 11 is 0. The second-order valence-corrected chi connectivity index (χ2v) is 11.4. The van der Waals surface area contributed by atoms with Crippen molar-refractivity contribution in [3.8, 4) is 12.3 Å². The molecule has 15 nitrogen and oxygen atoms in total. The highest BCUT2D eigenvalue weighted by atomic mass is 16.4. The van der Waals surface area contributed by atoms with Crippen LogP contribution in [-0.2, 0) is 32.2 Å². The normalized spacial score (nSPS) is 14.4. The molecule has 0 spiro atoms. The number of aromatic nitrogens is 2.